The van der Waals surface area contributed by atoms with E-state index in [1.165, 1.54) is 24.0 Å². The van der Waals surface area contributed by atoms with Gasteiger partial charge in [-0.3, -0.25) is 14.4 Å². The number of carbonyl (C=O) groups excluding carboxylic acids is 3. The highest BCUT2D eigenvalue weighted by atomic mass is 32.2. The molecular formula is C33H52O5S. The molecule has 1 atom stereocenters. The van der Waals surface area contributed by atoms with E-state index in [1.54, 1.807) is 7.11 Å². The van der Waals surface area contributed by atoms with Crippen molar-refractivity contribution >= 4 is 29.3 Å². The molecule has 1 fully saturated rings. The summed E-state index contributed by atoms with van der Waals surface area (Å²) < 4.78 is 10.3. The van der Waals surface area contributed by atoms with E-state index >= 15 is 0 Å². The Balaban J connectivity index is 0.000000390. The lowest BCUT2D eigenvalue weighted by Crippen LogP contribution is -2.07. The largest absolute Gasteiger partial charge is 0.466 e. The first-order valence-corrected chi connectivity index (χ1v) is 16.1. The van der Waals surface area contributed by atoms with Crippen molar-refractivity contribution in [1.82, 2.24) is 0 Å². The second kappa shape index (κ2) is 23.9. The monoisotopic (exact) mass is 560 g/mol. The molecule has 1 saturated carbocycles. The molecule has 0 spiro atoms. The van der Waals surface area contributed by atoms with Crippen LogP contribution in [0.25, 0.3) is 0 Å². The van der Waals surface area contributed by atoms with Gasteiger partial charge < -0.3 is 9.47 Å². The molecule has 39 heavy (non-hydrogen) atoms. The van der Waals surface area contributed by atoms with Gasteiger partial charge >= 0.3 is 5.97 Å². The fourth-order valence-corrected chi connectivity index (χ4v) is 5.09. The van der Waals surface area contributed by atoms with Gasteiger partial charge in [0.05, 0.1) is 13.2 Å². The number of thioether (sulfide) groups is 1. The van der Waals surface area contributed by atoms with E-state index in [0.717, 1.165) is 62.9 Å². The number of Topliss-reactive ketones (excluding diaryl/α,β-unsaturated/α-hetero) is 2. The van der Waals surface area contributed by atoms with Crippen LogP contribution in [-0.2, 0) is 36.9 Å². The molecular weight excluding hydrogens is 508 g/mol. The summed E-state index contributed by atoms with van der Waals surface area (Å²) in [6, 6.07) is 8.54. The number of ketones is 2. The molecule has 1 aliphatic carbocycles. The Hall–Kier alpha value is -1.92. The van der Waals surface area contributed by atoms with Crippen LogP contribution in [0.15, 0.2) is 36.4 Å². The quantitative estimate of drug-likeness (QED) is 0.0912. The number of allylic oxidation sites excluding steroid dienone is 2. The molecule has 1 aromatic carbocycles. The topological polar surface area (TPSA) is 69.7 Å². The van der Waals surface area contributed by atoms with Crippen molar-refractivity contribution in [2.75, 3.05) is 25.2 Å². The summed E-state index contributed by atoms with van der Waals surface area (Å²) in [6.07, 6.45) is 16.8. The molecule has 0 aliphatic heterocycles. The van der Waals surface area contributed by atoms with Crippen LogP contribution >= 0.6 is 11.8 Å². The third-order valence-electron chi connectivity index (χ3n) is 6.64. The van der Waals surface area contributed by atoms with E-state index in [0.29, 0.717) is 56.4 Å². The van der Waals surface area contributed by atoms with Gasteiger partial charge in [-0.25, -0.2) is 0 Å². The van der Waals surface area contributed by atoms with Gasteiger partial charge in [-0.2, -0.15) is 11.8 Å². The molecule has 0 aromatic heterocycles. The summed E-state index contributed by atoms with van der Waals surface area (Å²) in [5.74, 6) is 3.26. The van der Waals surface area contributed by atoms with Crippen molar-refractivity contribution in [3.05, 3.63) is 47.5 Å². The number of unbranched alkanes of at least 4 members (excludes halogenated alkanes) is 3. The highest BCUT2D eigenvalue weighted by Gasteiger charge is 2.18. The normalized spacial score (nSPS) is 14.8. The molecule has 0 saturated heterocycles. The molecule has 2 rings (SSSR count). The minimum absolute atomic E-state index is 0.118. The minimum Gasteiger partial charge on any atom is -0.466 e. The van der Waals surface area contributed by atoms with Gasteiger partial charge in [0, 0.05) is 39.2 Å². The molecule has 6 heteroatoms. The number of methoxy groups -OCH3 is 1. The van der Waals surface area contributed by atoms with Gasteiger partial charge in [-0.1, -0.05) is 69.5 Å². The zero-order valence-electron chi connectivity index (χ0n) is 24.7. The smallest absolute Gasteiger partial charge is 0.305 e. The van der Waals surface area contributed by atoms with Crippen LogP contribution in [0.3, 0.4) is 0 Å². The van der Waals surface area contributed by atoms with Crippen molar-refractivity contribution in [3.8, 4) is 0 Å². The second-order valence-electron chi connectivity index (χ2n) is 10.2. The highest BCUT2D eigenvalue weighted by Crippen LogP contribution is 2.23. The van der Waals surface area contributed by atoms with Gasteiger partial charge in [0.2, 0.25) is 0 Å². The van der Waals surface area contributed by atoms with Crippen molar-refractivity contribution in [3.63, 3.8) is 0 Å². The van der Waals surface area contributed by atoms with Crippen molar-refractivity contribution in [1.29, 1.82) is 0 Å². The number of rotatable bonds is 20. The number of benzene rings is 1. The third kappa shape index (κ3) is 19.7. The van der Waals surface area contributed by atoms with Crippen LogP contribution in [0, 0.1) is 5.92 Å². The van der Waals surface area contributed by atoms with Crippen LogP contribution in [0.5, 0.6) is 0 Å². The summed E-state index contributed by atoms with van der Waals surface area (Å²) in [5.41, 5.74) is 2.58. The molecule has 0 N–H and O–H groups in total. The Bertz CT molecular complexity index is 809. The number of esters is 1. The first kappa shape index (κ1) is 35.1. The van der Waals surface area contributed by atoms with Crippen LogP contribution in [0.2, 0.25) is 0 Å². The van der Waals surface area contributed by atoms with E-state index in [1.807, 2.05) is 11.8 Å². The Morgan fingerprint density at radius 1 is 1.03 bits per heavy atom. The summed E-state index contributed by atoms with van der Waals surface area (Å²) in [5, 5.41) is 0. The lowest BCUT2D eigenvalue weighted by molar-refractivity contribution is -0.144. The molecule has 0 heterocycles. The lowest BCUT2D eigenvalue weighted by Gasteiger charge is -2.04. The number of hydrogen-bond acceptors (Lipinski definition) is 6. The molecule has 5 nitrogen and oxygen atoms in total. The van der Waals surface area contributed by atoms with Gasteiger partial charge in [-0.15, -0.1) is 0 Å². The Labute approximate surface area is 241 Å². The fourth-order valence-electron chi connectivity index (χ4n) is 4.45. The molecule has 0 amide bonds. The summed E-state index contributed by atoms with van der Waals surface area (Å²) >= 11 is 1.87. The zero-order chi connectivity index (χ0) is 28.6. The number of ether oxygens (including phenoxy) is 2. The summed E-state index contributed by atoms with van der Waals surface area (Å²) in [7, 11) is 1.72. The molecule has 1 aliphatic rings. The molecule has 1 unspecified atom stereocenters. The fraction of sp³-hybridized carbons (Fsp3) is 0.667. The number of aryl methyl sites for hydroxylation is 1. The Morgan fingerprint density at radius 3 is 2.54 bits per heavy atom. The predicted molar refractivity (Wildman–Crippen MR) is 163 cm³/mol. The van der Waals surface area contributed by atoms with Crippen molar-refractivity contribution in [2.45, 2.75) is 110 Å². The first-order valence-electron chi connectivity index (χ1n) is 15.0. The van der Waals surface area contributed by atoms with Gasteiger partial charge in [0.15, 0.2) is 0 Å². The van der Waals surface area contributed by atoms with E-state index < -0.39 is 0 Å². The second-order valence-corrected chi connectivity index (χ2v) is 11.6. The minimum atomic E-state index is -0.118. The Morgan fingerprint density at radius 2 is 1.82 bits per heavy atom. The summed E-state index contributed by atoms with van der Waals surface area (Å²) in [4.78, 5) is 34.1. The Kier molecular flexibility index (Phi) is 21.5. The van der Waals surface area contributed by atoms with E-state index in [9.17, 15) is 14.4 Å². The zero-order valence-corrected chi connectivity index (χ0v) is 25.5. The standard InChI is InChI=1S/C17H22O2.C16H30O3S/c1-19-13-16-8-4-7-14(11-16)5-2-3-6-15-9-10-17(18)12-15;1-3-5-6-7-12-16(18)19-13-8-10-15(17)11-9-14-20-4-2/h3-4,6-8,11,15H,2,5,9-10,12-13H2,1H3;3-14H2,1-2H3/b6-3+;. The van der Waals surface area contributed by atoms with Crippen molar-refractivity contribution < 1.29 is 23.9 Å². The number of hydrogen-bond donors (Lipinski definition) is 0. The van der Waals surface area contributed by atoms with Crippen molar-refractivity contribution in [2.24, 2.45) is 5.92 Å². The average molecular weight is 561 g/mol. The molecule has 0 bridgehead atoms. The molecule has 0 radical (unpaired) electrons. The average Bonchev–Trinajstić information content (AvgIpc) is 3.35. The van der Waals surface area contributed by atoms with E-state index in [-0.39, 0.29) is 5.97 Å². The van der Waals surface area contributed by atoms with E-state index in [4.69, 9.17) is 9.47 Å². The van der Waals surface area contributed by atoms with Gasteiger partial charge in [0.1, 0.15) is 11.6 Å². The predicted octanol–water partition coefficient (Wildman–Crippen LogP) is 8.07. The van der Waals surface area contributed by atoms with Crippen LogP contribution in [-0.4, -0.2) is 42.8 Å². The van der Waals surface area contributed by atoms with Crippen LogP contribution < -0.4 is 0 Å². The first-order chi connectivity index (χ1) is 19.0. The van der Waals surface area contributed by atoms with E-state index in [2.05, 4.69) is 50.3 Å². The maximum Gasteiger partial charge on any atom is 0.305 e. The SMILES string of the molecule is CCCCCCC(=O)OCCCC(=O)CCCSCC.COCc1cccc(CC/C=C/C2CCC(=O)C2)c1. The van der Waals surface area contributed by atoms with Gasteiger partial charge in [-0.05, 0) is 67.1 Å². The van der Waals surface area contributed by atoms with Crippen LogP contribution in [0.4, 0.5) is 0 Å². The maximum absolute atomic E-state index is 11.5. The molecule has 220 valence electrons. The van der Waals surface area contributed by atoms with Crippen LogP contribution in [0.1, 0.15) is 108 Å². The highest BCUT2D eigenvalue weighted by molar-refractivity contribution is 7.99. The molecule has 1 aromatic rings. The summed E-state index contributed by atoms with van der Waals surface area (Å²) in [6.45, 7) is 5.34. The third-order valence-corrected chi connectivity index (χ3v) is 7.63. The maximum atomic E-state index is 11.5. The lowest BCUT2D eigenvalue weighted by atomic mass is 10.0. The van der Waals surface area contributed by atoms with Gasteiger partial charge in [0.25, 0.3) is 0 Å². The number of carbonyl (C=O) groups is 3.